The largest absolute Gasteiger partial charge is 0.495 e. The van der Waals surface area contributed by atoms with Gasteiger partial charge in [-0.05, 0) is 24.6 Å². The molecule has 0 atom stereocenters. The first kappa shape index (κ1) is 22.9. The minimum absolute atomic E-state index is 0.0872. The number of para-hydroxylation sites is 2. The molecule has 2 aromatic rings. The summed E-state index contributed by atoms with van der Waals surface area (Å²) in [5.74, 6) is -0.242. The fraction of sp³-hybridized carbons (Fsp3) is 0.300. The standard InChI is InChI=1S/C20H22ClN3O6S/c1-3-8-24(11-19(25)22-14-6-4-5-7-16(14)29-2)31(27,28)18-10-17-15(9-13(18)21)23-20(26)12-30-17/h4-7,9-10H,3,8,11-12H2,1-2H3,(H,22,25)(H,23,26). The molecule has 2 N–H and O–H groups in total. The molecule has 0 aromatic heterocycles. The van der Waals surface area contributed by atoms with Gasteiger partial charge in [0, 0.05) is 12.6 Å². The fourth-order valence-electron chi connectivity index (χ4n) is 3.05. The Hall–Kier alpha value is -2.82. The number of carbonyl (C=O) groups is 2. The van der Waals surface area contributed by atoms with Crippen molar-refractivity contribution in [2.45, 2.75) is 18.2 Å². The highest BCUT2D eigenvalue weighted by Gasteiger charge is 2.31. The summed E-state index contributed by atoms with van der Waals surface area (Å²) in [6.07, 6.45) is 0.482. The van der Waals surface area contributed by atoms with E-state index >= 15 is 0 Å². The van der Waals surface area contributed by atoms with Crippen LogP contribution in [0.15, 0.2) is 41.3 Å². The zero-order valence-corrected chi connectivity index (χ0v) is 18.5. The smallest absolute Gasteiger partial charge is 0.262 e. The van der Waals surface area contributed by atoms with E-state index in [1.165, 1.54) is 19.2 Å². The average Bonchev–Trinajstić information content (AvgIpc) is 2.73. The van der Waals surface area contributed by atoms with E-state index in [1.54, 1.807) is 31.2 Å². The number of hydrogen-bond donors (Lipinski definition) is 2. The van der Waals surface area contributed by atoms with Crippen molar-refractivity contribution in [3.63, 3.8) is 0 Å². The SMILES string of the molecule is CCCN(CC(=O)Nc1ccccc1OC)S(=O)(=O)c1cc2c(cc1Cl)NC(=O)CO2. The summed E-state index contributed by atoms with van der Waals surface area (Å²) in [6, 6.07) is 9.39. The minimum Gasteiger partial charge on any atom is -0.495 e. The lowest BCUT2D eigenvalue weighted by Crippen LogP contribution is -2.38. The number of hydrogen-bond acceptors (Lipinski definition) is 6. The van der Waals surface area contributed by atoms with E-state index < -0.39 is 22.5 Å². The van der Waals surface area contributed by atoms with E-state index in [0.717, 1.165) is 4.31 Å². The Morgan fingerprint density at radius 3 is 2.77 bits per heavy atom. The van der Waals surface area contributed by atoms with Gasteiger partial charge in [0.2, 0.25) is 15.9 Å². The lowest BCUT2D eigenvalue weighted by Gasteiger charge is -2.24. The number of nitrogens with one attached hydrogen (secondary N) is 2. The molecule has 0 bridgehead atoms. The van der Waals surface area contributed by atoms with Crippen molar-refractivity contribution < 1.29 is 27.5 Å². The highest BCUT2D eigenvalue weighted by Crippen LogP contribution is 2.36. The number of ether oxygens (including phenoxy) is 2. The Kier molecular flexibility index (Phi) is 7.04. The van der Waals surface area contributed by atoms with Crippen molar-refractivity contribution in [1.29, 1.82) is 0 Å². The summed E-state index contributed by atoms with van der Waals surface area (Å²) in [5, 5.41) is 5.15. The molecule has 31 heavy (non-hydrogen) atoms. The van der Waals surface area contributed by atoms with Crippen LogP contribution < -0.4 is 20.1 Å². The molecular formula is C20H22ClN3O6S. The van der Waals surface area contributed by atoms with Gasteiger partial charge in [0.1, 0.15) is 16.4 Å². The fourth-order valence-corrected chi connectivity index (χ4v) is 5.06. The van der Waals surface area contributed by atoms with Crippen molar-refractivity contribution in [2.24, 2.45) is 0 Å². The van der Waals surface area contributed by atoms with Crippen molar-refractivity contribution in [1.82, 2.24) is 4.31 Å². The average molecular weight is 468 g/mol. The van der Waals surface area contributed by atoms with Crippen LogP contribution in [-0.4, -0.2) is 51.3 Å². The summed E-state index contributed by atoms with van der Waals surface area (Å²) in [5.41, 5.74) is 0.718. The van der Waals surface area contributed by atoms with Gasteiger partial charge in [-0.2, -0.15) is 4.31 Å². The number of halogens is 1. The van der Waals surface area contributed by atoms with E-state index in [4.69, 9.17) is 21.1 Å². The predicted molar refractivity (Wildman–Crippen MR) is 116 cm³/mol. The molecule has 0 fully saturated rings. The summed E-state index contributed by atoms with van der Waals surface area (Å²) in [6.45, 7) is 1.26. The van der Waals surface area contributed by atoms with Gasteiger partial charge >= 0.3 is 0 Å². The summed E-state index contributed by atoms with van der Waals surface area (Å²) in [7, 11) is -2.65. The molecule has 0 spiro atoms. The van der Waals surface area contributed by atoms with Crippen molar-refractivity contribution >= 4 is 44.8 Å². The molecule has 9 nitrogen and oxygen atoms in total. The normalized spacial score (nSPS) is 13.2. The monoisotopic (exact) mass is 467 g/mol. The first-order valence-corrected chi connectivity index (χ1v) is 11.3. The van der Waals surface area contributed by atoms with Gasteiger partial charge in [0.05, 0.1) is 30.1 Å². The van der Waals surface area contributed by atoms with Gasteiger partial charge in [0.15, 0.2) is 6.61 Å². The van der Waals surface area contributed by atoms with Gasteiger partial charge in [-0.1, -0.05) is 30.7 Å². The Balaban J connectivity index is 1.86. The molecule has 1 aliphatic rings. The topological polar surface area (TPSA) is 114 Å². The summed E-state index contributed by atoms with van der Waals surface area (Å²) in [4.78, 5) is 23.9. The maximum Gasteiger partial charge on any atom is 0.262 e. The predicted octanol–water partition coefficient (Wildman–Crippen LogP) is 2.72. The van der Waals surface area contributed by atoms with Gasteiger partial charge in [-0.25, -0.2) is 8.42 Å². The lowest BCUT2D eigenvalue weighted by atomic mass is 10.2. The Labute approximate surface area is 185 Å². The van der Waals surface area contributed by atoms with Crippen LogP contribution in [-0.2, 0) is 19.6 Å². The van der Waals surface area contributed by atoms with Crippen LogP contribution in [0.5, 0.6) is 11.5 Å². The van der Waals surface area contributed by atoms with Crippen LogP contribution >= 0.6 is 11.6 Å². The molecule has 166 valence electrons. The van der Waals surface area contributed by atoms with Crippen molar-refractivity contribution in [3.05, 3.63) is 41.4 Å². The third kappa shape index (κ3) is 5.09. The first-order valence-electron chi connectivity index (χ1n) is 9.45. The second-order valence-electron chi connectivity index (χ2n) is 6.70. The van der Waals surface area contributed by atoms with Gasteiger partial charge in [-0.15, -0.1) is 0 Å². The molecule has 0 saturated heterocycles. The van der Waals surface area contributed by atoms with Crippen LogP contribution in [0.2, 0.25) is 5.02 Å². The molecule has 2 aromatic carbocycles. The Morgan fingerprint density at radius 2 is 2.06 bits per heavy atom. The van der Waals surface area contributed by atoms with Crippen LogP contribution in [0, 0.1) is 0 Å². The second kappa shape index (κ2) is 9.54. The number of fused-ring (bicyclic) bond motifs is 1. The van der Waals surface area contributed by atoms with E-state index in [2.05, 4.69) is 10.6 Å². The van der Waals surface area contributed by atoms with E-state index in [9.17, 15) is 18.0 Å². The molecule has 1 heterocycles. The molecule has 0 aliphatic carbocycles. The highest BCUT2D eigenvalue weighted by molar-refractivity contribution is 7.89. The zero-order chi connectivity index (χ0) is 22.6. The third-order valence-electron chi connectivity index (χ3n) is 4.46. The zero-order valence-electron chi connectivity index (χ0n) is 17.0. The molecule has 1 aliphatic heterocycles. The second-order valence-corrected chi connectivity index (χ2v) is 9.02. The number of methoxy groups -OCH3 is 1. The summed E-state index contributed by atoms with van der Waals surface area (Å²) >= 11 is 6.21. The van der Waals surface area contributed by atoms with Gasteiger partial charge in [-0.3, -0.25) is 9.59 Å². The number of nitrogens with zero attached hydrogens (tertiary/aromatic N) is 1. The number of amides is 2. The van der Waals surface area contributed by atoms with E-state index in [0.29, 0.717) is 17.9 Å². The lowest BCUT2D eigenvalue weighted by molar-refractivity contribution is -0.118. The van der Waals surface area contributed by atoms with Crippen molar-refractivity contribution in [3.8, 4) is 11.5 Å². The maximum atomic E-state index is 13.3. The van der Waals surface area contributed by atoms with Gasteiger partial charge < -0.3 is 20.1 Å². The Morgan fingerprint density at radius 1 is 1.32 bits per heavy atom. The molecule has 0 saturated carbocycles. The van der Waals surface area contributed by atoms with E-state index in [-0.39, 0.29) is 40.4 Å². The molecule has 2 amide bonds. The quantitative estimate of drug-likeness (QED) is 0.617. The highest BCUT2D eigenvalue weighted by atomic mass is 35.5. The number of anilines is 2. The molecule has 11 heteroatoms. The number of carbonyl (C=O) groups excluding carboxylic acids is 2. The molecule has 3 rings (SSSR count). The number of benzene rings is 2. The Bertz CT molecular complexity index is 1110. The molecule has 0 radical (unpaired) electrons. The van der Waals surface area contributed by atoms with Crippen LogP contribution in [0.3, 0.4) is 0 Å². The van der Waals surface area contributed by atoms with Crippen LogP contribution in [0.4, 0.5) is 11.4 Å². The number of rotatable bonds is 8. The third-order valence-corrected chi connectivity index (χ3v) is 6.77. The maximum absolute atomic E-state index is 13.3. The van der Waals surface area contributed by atoms with Crippen LogP contribution in [0.1, 0.15) is 13.3 Å². The molecular weight excluding hydrogens is 446 g/mol. The molecule has 0 unspecified atom stereocenters. The summed E-state index contributed by atoms with van der Waals surface area (Å²) < 4.78 is 38.2. The number of sulfonamides is 1. The van der Waals surface area contributed by atoms with Gasteiger partial charge in [0.25, 0.3) is 5.91 Å². The minimum atomic E-state index is -4.13. The van der Waals surface area contributed by atoms with E-state index in [1.807, 2.05) is 0 Å². The van der Waals surface area contributed by atoms with Crippen molar-refractivity contribution in [2.75, 3.05) is 37.4 Å². The van der Waals surface area contributed by atoms with Crippen LogP contribution in [0.25, 0.3) is 0 Å². The first-order chi connectivity index (χ1) is 14.8.